The topological polar surface area (TPSA) is 75.6 Å². The Kier molecular flexibility index (Phi) is 6.31. The van der Waals surface area contributed by atoms with Crippen LogP contribution in [0.4, 0.5) is 0 Å². The molecule has 0 aliphatic carbocycles. The molecule has 2 N–H and O–H groups in total. The fourth-order valence-corrected chi connectivity index (χ4v) is 2.89. The van der Waals surface area contributed by atoms with Crippen LogP contribution in [0.25, 0.3) is 0 Å². The zero-order valence-corrected chi connectivity index (χ0v) is 14.4. The summed E-state index contributed by atoms with van der Waals surface area (Å²) in [5, 5.41) is 12.6. The number of benzene rings is 2. The van der Waals surface area contributed by atoms with Crippen molar-refractivity contribution in [1.82, 2.24) is 5.32 Å². The van der Waals surface area contributed by atoms with Gasteiger partial charge < -0.3 is 15.2 Å². The van der Waals surface area contributed by atoms with Crippen LogP contribution in [0.15, 0.2) is 60.7 Å². The summed E-state index contributed by atoms with van der Waals surface area (Å²) in [6.07, 6.45) is -0.421. The number of carboxylic acids is 1. The molecule has 2 aromatic rings. The van der Waals surface area contributed by atoms with Gasteiger partial charge in [0.1, 0.15) is 5.41 Å². The molecule has 0 saturated carbocycles. The van der Waals surface area contributed by atoms with Crippen LogP contribution in [-0.4, -0.2) is 30.6 Å². The number of carbonyl (C=O) groups excluding carboxylic acids is 1. The van der Waals surface area contributed by atoms with Crippen molar-refractivity contribution in [2.24, 2.45) is 0 Å². The van der Waals surface area contributed by atoms with Gasteiger partial charge in [-0.3, -0.25) is 9.59 Å². The standard InChI is InChI=1S/C20H23NO4/c1-3-20(19(23)24,16-12-8-5-9-13-16)14-21-18(22)17(25-2)15-10-6-4-7-11-15/h4-13,17H,3,14H2,1-2H3,(H,21,22)(H,23,24). The van der Waals surface area contributed by atoms with Crippen LogP contribution in [0.3, 0.4) is 0 Å². The molecule has 132 valence electrons. The molecule has 25 heavy (non-hydrogen) atoms. The first-order valence-electron chi connectivity index (χ1n) is 8.19. The van der Waals surface area contributed by atoms with Crippen molar-refractivity contribution in [3.8, 4) is 0 Å². The summed E-state index contributed by atoms with van der Waals surface area (Å²) < 4.78 is 5.30. The van der Waals surface area contributed by atoms with Crippen molar-refractivity contribution in [2.75, 3.05) is 13.7 Å². The van der Waals surface area contributed by atoms with Gasteiger partial charge in [-0.25, -0.2) is 0 Å². The Morgan fingerprint density at radius 2 is 1.64 bits per heavy atom. The van der Waals surface area contributed by atoms with E-state index in [1.165, 1.54) is 7.11 Å². The fraction of sp³-hybridized carbons (Fsp3) is 0.300. The molecule has 0 fully saturated rings. The largest absolute Gasteiger partial charge is 0.481 e. The first-order chi connectivity index (χ1) is 12.0. The van der Waals surface area contributed by atoms with Gasteiger partial charge in [-0.2, -0.15) is 0 Å². The minimum absolute atomic E-state index is 0.00558. The highest BCUT2D eigenvalue weighted by Gasteiger charge is 2.39. The summed E-state index contributed by atoms with van der Waals surface area (Å²) in [6, 6.07) is 18.1. The van der Waals surface area contributed by atoms with Gasteiger partial charge in [0, 0.05) is 13.7 Å². The molecular formula is C20H23NO4. The predicted molar refractivity (Wildman–Crippen MR) is 95.2 cm³/mol. The first-order valence-corrected chi connectivity index (χ1v) is 8.19. The molecule has 0 aromatic heterocycles. The van der Waals surface area contributed by atoms with Crippen molar-refractivity contribution in [3.63, 3.8) is 0 Å². The van der Waals surface area contributed by atoms with Crippen LogP contribution in [0, 0.1) is 0 Å². The van der Waals surface area contributed by atoms with E-state index in [0.717, 1.165) is 5.56 Å². The van der Waals surface area contributed by atoms with Crippen LogP contribution in [0.5, 0.6) is 0 Å². The number of ether oxygens (including phenoxy) is 1. The van der Waals surface area contributed by atoms with E-state index in [2.05, 4.69) is 5.32 Å². The molecule has 2 unspecified atom stereocenters. The van der Waals surface area contributed by atoms with Crippen molar-refractivity contribution in [1.29, 1.82) is 0 Å². The zero-order valence-electron chi connectivity index (χ0n) is 14.4. The van der Waals surface area contributed by atoms with Gasteiger partial charge in [-0.05, 0) is 17.5 Å². The predicted octanol–water partition coefficient (Wildman–Crippen LogP) is 2.92. The van der Waals surface area contributed by atoms with Crippen molar-refractivity contribution in [2.45, 2.75) is 24.9 Å². The molecule has 5 nitrogen and oxygen atoms in total. The van der Waals surface area contributed by atoms with Gasteiger partial charge in [-0.1, -0.05) is 67.6 Å². The number of rotatable bonds is 8. The lowest BCUT2D eigenvalue weighted by molar-refractivity contribution is -0.144. The second-order valence-corrected chi connectivity index (χ2v) is 5.85. The third-order valence-electron chi connectivity index (χ3n) is 4.48. The Morgan fingerprint density at radius 3 is 2.12 bits per heavy atom. The third kappa shape index (κ3) is 4.06. The summed E-state index contributed by atoms with van der Waals surface area (Å²) in [4.78, 5) is 24.6. The van der Waals surface area contributed by atoms with E-state index in [0.29, 0.717) is 12.0 Å². The molecule has 0 radical (unpaired) electrons. The third-order valence-corrected chi connectivity index (χ3v) is 4.48. The Hall–Kier alpha value is -2.66. The maximum absolute atomic E-state index is 12.6. The Bertz CT molecular complexity index is 702. The zero-order chi connectivity index (χ0) is 18.3. The highest BCUT2D eigenvalue weighted by atomic mass is 16.5. The molecule has 0 heterocycles. The van der Waals surface area contributed by atoms with Crippen molar-refractivity contribution in [3.05, 3.63) is 71.8 Å². The highest BCUT2D eigenvalue weighted by molar-refractivity contribution is 5.85. The number of methoxy groups -OCH3 is 1. The number of amides is 1. The summed E-state index contributed by atoms with van der Waals surface area (Å²) in [5.41, 5.74) is 0.213. The monoisotopic (exact) mass is 341 g/mol. The molecule has 2 aromatic carbocycles. The van der Waals surface area contributed by atoms with Crippen LogP contribution < -0.4 is 5.32 Å². The van der Waals surface area contributed by atoms with Gasteiger partial charge in [0.15, 0.2) is 6.10 Å². The Balaban J connectivity index is 2.20. The maximum Gasteiger partial charge on any atom is 0.315 e. The van der Waals surface area contributed by atoms with Gasteiger partial charge in [-0.15, -0.1) is 0 Å². The number of aliphatic carboxylic acids is 1. The van der Waals surface area contributed by atoms with E-state index in [1.54, 1.807) is 43.3 Å². The first kappa shape index (κ1) is 18.7. The van der Waals surface area contributed by atoms with E-state index in [-0.39, 0.29) is 12.5 Å². The number of hydrogen-bond acceptors (Lipinski definition) is 3. The van der Waals surface area contributed by atoms with Crippen LogP contribution in [-0.2, 0) is 19.7 Å². The van der Waals surface area contributed by atoms with Gasteiger partial charge >= 0.3 is 5.97 Å². The van der Waals surface area contributed by atoms with Crippen LogP contribution in [0.2, 0.25) is 0 Å². The van der Waals surface area contributed by atoms with E-state index in [9.17, 15) is 14.7 Å². The van der Waals surface area contributed by atoms with E-state index >= 15 is 0 Å². The average Bonchev–Trinajstić information content (AvgIpc) is 2.65. The molecular weight excluding hydrogens is 318 g/mol. The summed E-state index contributed by atoms with van der Waals surface area (Å²) in [7, 11) is 1.46. The second-order valence-electron chi connectivity index (χ2n) is 5.85. The molecule has 0 aliphatic heterocycles. The summed E-state index contributed by atoms with van der Waals surface area (Å²) in [5.74, 6) is -1.32. The van der Waals surface area contributed by atoms with Crippen molar-refractivity contribution < 1.29 is 19.4 Å². The molecule has 0 bridgehead atoms. The number of hydrogen-bond donors (Lipinski definition) is 2. The quantitative estimate of drug-likeness (QED) is 0.774. The smallest absolute Gasteiger partial charge is 0.315 e. The Morgan fingerprint density at radius 1 is 1.08 bits per heavy atom. The van der Waals surface area contributed by atoms with Crippen LogP contribution in [0.1, 0.15) is 30.6 Å². The average molecular weight is 341 g/mol. The molecule has 2 atom stereocenters. The fourth-order valence-electron chi connectivity index (χ4n) is 2.89. The van der Waals surface area contributed by atoms with E-state index in [4.69, 9.17) is 4.74 Å². The normalized spacial score (nSPS) is 14.3. The maximum atomic E-state index is 12.6. The molecule has 2 rings (SSSR count). The minimum Gasteiger partial charge on any atom is -0.481 e. The van der Waals surface area contributed by atoms with Gasteiger partial charge in [0.2, 0.25) is 0 Å². The van der Waals surface area contributed by atoms with Gasteiger partial charge in [0.25, 0.3) is 5.91 Å². The lowest BCUT2D eigenvalue weighted by Gasteiger charge is -2.29. The Labute approximate surface area is 147 Å². The minimum atomic E-state index is -1.17. The van der Waals surface area contributed by atoms with E-state index in [1.807, 2.05) is 24.3 Å². The molecule has 0 aliphatic rings. The summed E-state index contributed by atoms with van der Waals surface area (Å²) in [6.45, 7) is 1.80. The summed E-state index contributed by atoms with van der Waals surface area (Å²) >= 11 is 0. The molecule has 1 amide bonds. The molecule has 0 spiro atoms. The SMILES string of the molecule is CCC(CNC(=O)C(OC)c1ccccc1)(C(=O)O)c1ccccc1. The van der Waals surface area contributed by atoms with Gasteiger partial charge in [0.05, 0.1) is 0 Å². The molecule has 5 heteroatoms. The number of carboxylic acid groups (broad SMARTS) is 1. The lowest BCUT2D eigenvalue weighted by Crippen LogP contribution is -2.47. The van der Waals surface area contributed by atoms with E-state index < -0.39 is 17.5 Å². The lowest BCUT2D eigenvalue weighted by atomic mass is 9.78. The second kappa shape index (κ2) is 8.44. The van der Waals surface area contributed by atoms with Crippen molar-refractivity contribution >= 4 is 11.9 Å². The number of nitrogens with one attached hydrogen (secondary N) is 1. The molecule has 0 saturated heterocycles. The number of carbonyl (C=O) groups is 2. The highest BCUT2D eigenvalue weighted by Crippen LogP contribution is 2.28. The van der Waals surface area contributed by atoms with Crippen LogP contribution >= 0.6 is 0 Å².